The summed E-state index contributed by atoms with van der Waals surface area (Å²) in [4.78, 5) is 9.13. The summed E-state index contributed by atoms with van der Waals surface area (Å²) in [6.45, 7) is 4.27. The van der Waals surface area contributed by atoms with Gasteiger partial charge in [0.05, 0.1) is 31.5 Å². The van der Waals surface area contributed by atoms with Crippen molar-refractivity contribution in [1.29, 1.82) is 0 Å². The molecule has 4 aromatic rings. The van der Waals surface area contributed by atoms with Gasteiger partial charge in [-0.05, 0) is 25.0 Å². The zero-order chi connectivity index (χ0) is 13.7. The van der Waals surface area contributed by atoms with Crippen LogP contribution in [0.25, 0.3) is 31.6 Å². The van der Waals surface area contributed by atoms with Crippen LogP contribution in [0.5, 0.6) is 0 Å². The van der Waals surface area contributed by atoms with Crippen LogP contribution in [0.15, 0.2) is 35.3 Å². The Bertz CT molecular complexity index is 856. The van der Waals surface area contributed by atoms with Crippen LogP contribution in [0, 0.1) is 13.8 Å². The van der Waals surface area contributed by atoms with Crippen LogP contribution in [0.2, 0.25) is 0 Å². The Hall–Kier alpha value is -1.78. The molecule has 2 aromatic heterocycles. The van der Waals surface area contributed by atoms with E-state index in [9.17, 15) is 0 Å². The van der Waals surface area contributed by atoms with Crippen molar-refractivity contribution >= 4 is 43.1 Å². The molecule has 0 aliphatic carbocycles. The third-order valence-electron chi connectivity index (χ3n) is 3.65. The number of hydrogen-bond donors (Lipinski definition) is 0. The fourth-order valence-corrected chi connectivity index (χ4v) is 4.18. The molecular formula is C16H12N2S2. The van der Waals surface area contributed by atoms with E-state index in [1.807, 2.05) is 11.0 Å². The SMILES string of the molecule is Cc1ccc(-c2ccc(C)c3scnc23)c2ncsc12. The van der Waals surface area contributed by atoms with Gasteiger partial charge in [-0.2, -0.15) is 0 Å². The Labute approximate surface area is 124 Å². The van der Waals surface area contributed by atoms with E-state index in [0.717, 1.165) is 11.0 Å². The lowest BCUT2D eigenvalue weighted by Crippen LogP contribution is -1.86. The summed E-state index contributed by atoms with van der Waals surface area (Å²) in [7, 11) is 0. The van der Waals surface area contributed by atoms with Gasteiger partial charge < -0.3 is 0 Å². The van der Waals surface area contributed by atoms with Crippen LogP contribution >= 0.6 is 22.7 Å². The monoisotopic (exact) mass is 296 g/mol. The van der Waals surface area contributed by atoms with E-state index in [1.54, 1.807) is 22.7 Å². The van der Waals surface area contributed by atoms with Gasteiger partial charge in [0.15, 0.2) is 0 Å². The molecule has 0 spiro atoms. The molecule has 0 radical (unpaired) electrons. The topological polar surface area (TPSA) is 25.8 Å². The number of thiazole rings is 2. The first kappa shape index (κ1) is 12.0. The number of rotatable bonds is 1. The molecular weight excluding hydrogens is 284 g/mol. The van der Waals surface area contributed by atoms with Crippen LogP contribution in [0.3, 0.4) is 0 Å². The van der Waals surface area contributed by atoms with Crippen LogP contribution in [-0.4, -0.2) is 9.97 Å². The summed E-state index contributed by atoms with van der Waals surface area (Å²) in [5.41, 5.74) is 11.0. The summed E-state index contributed by atoms with van der Waals surface area (Å²) in [6.07, 6.45) is 0. The number of aryl methyl sites for hydroxylation is 2. The molecule has 0 unspecified atom stereocenters. The number of benzene rings is 2. The van der Waals surface area contributed by atoms with Crippen molar-refractivity contribution in [3.05, 3.63) is 46.4 Å². The maximum atomic E-state index is 4.56. The van der Waals surface area contributed by atoms with Gasteiger partial charge >= 0.3 is 0 Å². The molecule has 0 aliphatic rings. The molecule has 2 nitrogen and oxygen atoms in total. The Morgan fingerprint density at radius 3 is 1.60 bits per heavy atom. The maximum Gasteiger partial charge on any atom is 0.0893 e. The van der Waals surface area contributed by atoms with E-state index >= 15 is 0 Å². The summed E-state index contributed by atoms with van der Waals surface area (Å²) in [5.74, 6) is 0. The molecule has 4 rings (SSSR count). The second kappa shape index (κ2) is 4.36. The number of nitrogens with zero attached hydrogens (tertiary/aromatic N) is 2. The standard InChI is InChI=1S/C16H12N2S2/c1-9-3-5-11(13-15(9)19-7-17-13)12-6-4-10(2)16-14(12)18-8-20-16/h3-8H,1-2H3. The lowest BCUT2D eigenvalue weighted by atomic mass is 10.0. The van der Waals surface area contributed by atoms with Crippen molar-refractivity contribution in [3.8, 4) is 11.1 Å². The number of fused-ring (bicyclic) bond motifs is 2. The van der Waals surface area contributed by atoms with Crippen LogP contribution in [0.4, 0.5) is 0 Å². The first-order valence-corrected chi connectivity index (χ1v) is 8.17. The molecule has 0 amide bonds. The minimum absolute atomic E-state index is 1.09. The predicted molar refractivity (Wildman–Crippen MR) is 87.7 cm³/mol. The molecule has 4 heteroatoms. The lowest BCUT2D eigenvalue weighted by molar-refractivity contribution is 1.45. The van der Waals surface area contributed by atoms with Gasteiger partial charge in [0, 0.05) is 11.1 Å². The molecule has 20 heavy (non-hydrogen) atoms. The van der Waals surface area contributed by atoms with Gasteiger partial charge in [-0.15, -0.1) is 22.7 Å². The molecule has 0 N–H and O–H groups in total. The second-order valence-corrected chi connectivity index (χ2v) is 6.63. The fraction of sp³-hybridized carbons (Fsp3) is 0.125. The zero-order valence-corrected chi connectivity index (χ0v) is 12.8. The van der Waals surface area contributed by atoms with Crippen LogP contribution in [-0.2, 0) is 0 Å². The molecule has 2 aromatic carbocycles. The summed E-state index contributed by atoms with van der Waals surface area (Å²) >= 11 is 3.41. The number of aromatic nitrogens is 2. The van der Waals surface area contributed by atoms with E-state index in [4.69, 9.17) is 0 Å². The molecule has 0 aliphatic heterocycles. The van der Waals surface area contributed by atoms with Crippen molar-refractivity contribution in [2.75, 3.05) is 0 Å². The van der Waals surface area contributed by atoms with Crippen LogP contribution < -0.4 is 0 Å². The first-order valence-electron chi connectivity index (χ1n) is 6.41. The van der Waals surface area contributed by atoms with Gasteiger partial charge in [-0.25, -0.2) is 9.97 Å². The highest BCUT2D eigenvalue weighted by molar-refractivity contribution is 7.17. The van der Waals surface area contributed by atoms with Crippen LogP contribution in [0.1, 0.15) is 11.1 Å². The van der Waals surface area contributed by atoms with Crippen molar-refractivity contribution < 1.29 is 0 Å². The average molecular weight is 296 g/mol. The molecule has 0 fully saturated rings. The van der Waals surface area contributed by atoms with Gasteiger partial charge in [-0.3, -0.25) is 0 Å². The van der Waals surface area contributed by atoms with Gasteiger partial charge in [0.2, 0.25) is 0 Å². The lowest BCUT2D eigenvalue weighted by Gasteiger charge is -2.07. The smallest absolute Gasteiger partial charge is 0.0893 e. The Balaban J connectivity index is 2.12. The van der Waals surface area contributed by atoms with Crippen molar-refractivity contribution in [2.45, 2.75) is 13.8 Å². The van der Waals surface area contributed by atoms with E-state index in [1.165, 1.54) is 31.7 Å². The highest BCUT2D eigenvalue weighted by Crippen LogP contribution is 2.37. The highest BCUT2D eigenvalue weighted by atomic mass is 32.1. The van der Waals surface area contributed by atoms with Crippen molar-refractivity contribution in [3.63, 3.8) is 0 Å². The van der Waals surface area contributed by atoms with Crippen molar-refractivity contribution in [1.82, 2.24) is 9.97 Å². The first-order chi connectivity index (χ1) is 9.75. The Morgan fingerprint density at radius 2 is 1.15 bits per heavy atom. The summed E-state index contributed by atoms with van der Waals surface area (Å²) in [6, 6.07) is 8.68. The van der Waals surface area contributed by atoms with Gasteiger partial charge in [0.1, 0.15) is 0 Å². The minimum Gasteiger partial charge on any atom is -0.244 e. The maximum absolute atomic E-state index is 4.56. The summed E-state index contributed by atoms with van der Waals surface area (Å²) in [5, 5.41) is 0. The van der Waals surface area contributed by atoms with E-state index in [-0.39, 0.29) is 0 Å². The molecule has 0 saturated heterocycles. The molecule has 0 bridgehead atoms. The van der Waals surface area contributed by atoms with E-state index < -0.39 is 0 Å². The third-order valence-corrected chi connectivity index (χ3v) is 5.58. The predicted octanol–water partition coefficient (Wildman–Crippen LogP) is 5.19. The van der Waals surface area contributed by atoms with Gasteiger partial charge in [-0.1, -0.05) is 24.3 Å². The summed E-state index contributed by atoms with van der Waals surface area (Å²) < 4.78 is 2.54. The van der Waals surface area contributed by atoms with Crippen molar-refractivity contribution in [2.24, 2.45) is 0 Å². The largest absolute Gasteiger partial charge is 0.244 e. The fourth-order valence-electron chi connectivity index (χ4n) is 2.60. The zero-order valence-electron chi connectivity index (χ0n) is 11.2. The molecule has 98 valence electrons. The second-order valence-electron chi connectivity index (χ2n) is 4.92. The molecule has 0 atom stereocenters. The highest BCUT2D eigenvalue weighted by Gasteiger charge is 2.13. The van der Waals surface area contributed by atoms with Gasteiger partial charge in [0.25, 0.3) is 0 Å². The normalized spacial score (nSPS) is 11.5. The molecule has 2 heterocycles. The van der Waals surface area contributed by atoms with E-state index in [2.05, 4.69) is 48.1 Å². The molecule has 0 saturated carbocycles. The van der Waals surface area contributed by atoms with E-state index in [0.29, 0.717) is 0 Å². The third kappa shape index (κ3) is 1.62. The quantitative estimate of drug-likeness (QED) is 0.483. The average Bonchev–Trinajstić information content (AvgIpc) is 3.09. The number of hydrogen-bond acceptors (Lipinski definition) is 4. The minimum atomic E-state index is 1.09. The Kier molecular flexibility index (Phi) is 2.62. The Morgan fingerprint density at radius 1 is 0.700 bits per heavy atom.